The normalized spacial score (nSPS) is 39.9. The molecule has 0 bridgehead atoms. The number of likely N-dealkylation sites (N-methyl/N-ethyl adjacent to an activating group) is 1. The molecular weight excluding hydrogens is 411 g/mol. The molecule has 2 fully saturated rings. The SMILES string of the molecule is CCC[C@@H]1C[C@@H](C(=O)N[C@@H](C2OC(SC)C(O)C(Cl)C2O)[C@H](C)Cl)N(C)C1. The average Bonchev–Trinajstić information content (AvgIpc) is 2.99. The zero-order valence-electron chi connectivity index (χ0n) is 16.3. The number of hydrogen-bond acceptors (Lipinski definition) is 6. The second-order valence-electron chi connectivity index (χ2n) is 7.69. The van der Waals surface area contributed by atoms with E-state index in [0.29, 0.717) is 5.92 Å². The zero-order valence-corrected chi connectivity index (χ0v) is 18.7. The van der Waals surface area contributed by atoms with Gasteiger partial charge in [0.2, 0.25) is 5.91 Å². The van der Waals surface area contributed by atoms with Gasteiger partial charge in [0.15, 0.2) is 0 Å². The molecule has 158 valence electrons. The summed E-state index contributed by atoms with van der Waals surface area (Å²) in [5, 5.41) is 22.3. The molecule has 9 heteroatoms. The lowest BCUT2D eigenvalue weighted by atomic mass is 9.94. The minimum Gasteiger partial charge on any atom is -0.389 e. The largest absolute Gasteiger partial charge is 0.389 e. The van der Waals surface area contributed by atoms with E-state index in [2.05, 4.69) is 17.1 Å². The number of aliphatic hydroxyl groups excluding tert-OH is 2. The van der Waals surface area contributed by atoms with Gasteiger partial charge in [-0.05, 0) is 39.0 Å². The lowest BCUT2D eigenvalue weighted by molar-refractivity contribution is -0.149. The van der Waals surface area contributed by atoms with Gasteiger partial charge in [0.05, 0.1) is 22.8 Å². The summed E-state index contributed by atoms with van der Waals surface area (Å²) in [6.45, 7) is 4.81. The molecule has 1 amide bonds. The molecule has 0 aromatic rings. The third-order valence-electron chi connectivity index (χ3n) is 5.58. The average molecular weight is 443 g/mol. The molecule has 2 heterocycles. The van der Waals surface area contributed by atoms with E-state index in [-0.39, 0.29) is 11.9 Å². The standard InChI is InChI=1S/C18H32Cl2N2O4S/c1-5-6-10-7-11(22(3)8-10)17(25)21-13(9(2)19)16-14(23)12(20)15(24)18(26-16)27-4/h9-16,18,23-24H,5-8H2,1-4H3,(H,21,25)/t9-,10+,11-,12?,13+,14?,15?,16?,18?/m0/s1. The van der Waals surface area contributed by atoms with Gasteiger partial charge in [-0.25, -0.2) is 0 Å². The number of thioether (sulfide) groups is 1. The van der Waals surface area contributed by atoms with Gasteiger partial charge in [0.25, 0.3) is 0 Å². The highest BCUT2D eigenvalue weighted by Crippen LogP contribution is 2.33. The van der Waals surface area contributed by atoms with E-state index in [1.807, 2.05) is 7.05 Å². The van der Waals surface area contributed by atoms with Crippen LogP contribution >= 0.6 is 35.0 Å². The molecular formula is C18H32Cl2N2O4S. The maximum absolute atomic E-state index is 12.9. The topological polar surface area (TPSA) is 82.0 Å². The van der Waals surface area contributed by atoms with Gasteiger partial charge in [0, 0.05) is 6.54 Å². The third kappa shape index (κ3) is 5.44. The molecule has 0 spiro atoms. The van der Waals surface area contributed by atoms with Crippen molar-refractivity contribution in [2.75, 3.05) is 19.8 Å². The molecule has 0 aliphatic carbocycles. The van der Waals surface area contributed by atoms with E-state index in [0.717, 1.165) is 25.8 Å². The van der Waals surface area contributed by atoms with Crippen molar-refractivity contribution in [3.8, 4) is 0 Å². The molecule has 27 heavy (non-hydrogen) atoms. The number of amides is 1. The number of ether oxygens (including phenoxy) is 1. The third-order valence-corrected chi connectivity index (χ3v) is 7.23. The van der Waals surface area contributed by atoms with Gasteiger partial charge < -0.3 is 20.3 Å². The van der Waals surface area contributed by atoms with Crippen LogP contribution in [0.15, 0.2) is 0 Å². The fraction of sp³-hybridized carbons (Fsp3) is 0.944. The Kier molecular flexibility index (Phi) is 8.99. The van der Waals surface area contributed by atoms with Crippen LogP contribution < -0.4 is 5.32 Å². The summed E-state index contributed by atoms with van der Waals surface area (Å²) in [7, 11) is 1.96. The number of halogens is 2. The Labute approximate surface area is 176 Å². The van der Waals surface area contributed by atoms with Crippen LogP contribution in [0.5, 0.6) is 0 Å². The Morgan fingerprint density at radius 1 is 1.41 bits per heavy atom. The summed E-state index contributed by atoms with van der Waals surface area (Å²) in [5.41, 5.74) is -0.584. The summed E-state index contributed by atoms with van der Waals surface area (Å²) >= 11 is 13.9. The van der Waals surface area contributed by atoms with Crippen molar-refractivity contribution in [1.29, 1.82) is 0 Å². The molecule has 0 radical (unpaired) electrons. The van der Waals surface area contributed by atoms with Crippen LogP contribution in [0.3, 0.4) is 0 Å². The molecule has 0 saturated carbocycles. The molecule has 6 nitrogen and oxygen atoms in total. The molecule has 2 aliphatic heterocycles. The van der Waals surface area contributed by atoms with Crippen molar-refractivity contribution in [3.63, 3.8) is 0 Å². The molecule has 3 N–H and O–H groups in total. The maximum Gasteiger partial charge on any atom is 0.237 e. The summed E-state index contributed by atoms with van der Waals surface area (Å²) < 4.78 is 5.87. The van der Waals surface area contributed by atoms with Gasteiger partial charge >= 0.3 is 0 Å². The van der Waals surface area contributed by atoms with Gasteiger partial charge in [-0.1, -0.05) is 13.3 Å². The molecule has 9 atom stereocenters. The minimum absolute atomic E-state index is 0.109. The van der Waals surface area contributed by atoms with E-state index >= 15 is 0 Å². The Morgan fingerprint density at radius 3 is 2.63 bits per heavy atom. The first kappa shape index (κ1) is 23.5. The Hall–Kier alpha value is 0.240. The molecule has 0 aromatic carbocycles. The first-order valence-corrected chi connectivity index (χ1v) is 11.7. The minimum atomic E-state index is -1.13. The van der Waals surface area contributed by atoms with Crippen LogP contribution in [0.2, 0.25) is 0 Å². The monoisotopic (exact) mass is 442 g/mol. The van der Waals surface area contributed by atoms with Crippen molar-refractivity contribution >= 4 is 40.9 Å². The van der Waals surface area contributed by atoms with Crippen LogP contribution in [0.4, 0.5) is 0 Å². The summed E-state index contributed by atoms with van der Waals surface area (Å²) in [6, 6.07) is -0.829. The van der Waals surface area contributed by atoms with Gasteiger partial charge in [0.1, 0.15) is 23.7 Å². The van der Waals surface area contributed by atoms with Crippen LogP contribution in [0, 0.1) is 5.92 Å². The van der Waals surface area contributed by atoms with E-state index in [9.17, 15) is 15.0 Å². The van der Waals surface area contributed by atoms with Gasteiger partial charge in [-0.2, -0.15) is 0 Å². The number of carbonyl (C=O) groups excluding carboxylic acids is 1. The maximum atomic E-state index is 12.9. The fourth-order valence-electron chi connectivity index (χ4n) is 4.09. The second-order valence-corrected chi connectivity index (χ2v) is 9.82. The van der Waals surface area contributed by atoms with Crippen LogP contribution in [-0.4, -0.2) is 87.5 Å². The number of rotatable bonds is 7. The number of alkyl halides is 2. The molecule has 2 rings (SSSR count). The highest BCUT2D eigenvalue weighted by molar-refractivity contribution is 7.99. The lowest BCUT2D eigenvalue weighted by Crippen LogP contribution is -2.64. The molecule has 2 saturated heterocycles. The Morgan fingerprint density at radius 2 is 2.07 bits per heavy atom. The number of nitrogens with one attached hydrogen (secondary N) is 1. The smallest absolute Gasteiger partial charge is 0.237 e. The predicted molar refractivity (Wildman–Crippen MR) is 111 cm³/mol. The van der Waals surface area contributed by atoms with E-state index < -0.39 is 40.5 Å². The highest BCUT2D eigenvalue weighted by Gasteiger charge is 2.48. The van der Waals surface area contributed by atoms with Crippen LogP contribution in [-0.2, 0) is 9.53 Å². The highest BCUT2D eigenvalue weighted by atomic mass is 35.5. The van der Waals surface area contributed by atoms with Crippen molar-refractivity contribution < 1.29 is 19.7 Å². The van der Waals surface area contributed by atoms with Crippen molar-refractivity contribution in [2.45, 2.75) is 79.7 Å². The Balaban J connectivity index is 2.09. The van der Waals surface area contributed by atoms with Gasteiger partial charge in [-0.3, -0.25) is 9.69 Å². The first-order chi connectivity index (χ1) is 12.7. The molecule has 5 unspecified atom stereocenters. The van der Waals surface area contributed by atoms with E-state index in [1.165, 1.54) is 11.8 Å². The van der Waals surface area contributed by atoms with E-state index in [4.69, 9.17) is 27.9 Å². The van der Waals surface area contributed by atoms with Crippen molar-refractivity contribution in [2.24, 2.45) is 5.92 Å². The van der Waals surface area contributed by atoms with Crippen molar-refractivity contribution in [3.05, 3.63) is 0 Å². The first-order valence-electron chi connectivity index (χ1n) is 9.54. The predicted octanol–water partition coefficient (Wildman–Crippen LogP) is 1.64. The molecule has 0 aromatic heterocycles. The Bertz CT molecular complexity index is 500. The molecule has 2 aliphatic rings. The zero-order chi connectivity index (χ0) is 20.3. The summed E-state index contributed by atoms with van der Waals surface area (Å²) in [6.07, 6.45) is 1.91. The van der Waals surface area contributed by atoms with Crippen LogP contribution in [0.1, 0.15) is 33.1 Å². The van der Waals surface area contributed by atoms with E-state index in [1.54, 1.807) is 13.2 Å². The number of carbonyl (C=O) groups is 1. The van der Waals surface area contributed by atoms with Gasteiger partial charge in [-0.15, -0.1) is 35.0 Å². The lowest BCUT2D eigenvalue weighted by Gasteiger charge is -2.44. The van der Waals surface area contributed by atoms with Crippen molar-refractivity contribution in [1.82, 2.24) is 10.2 Å². The number of nitrogens with zero attached hydrogens (tertiary/aromatic N) is 1. The second kappa shape index (κ2) is 10.3. The number of aliphatic hydroxyl groups is 2. The summed E-state index contributed by atoms with van der Waals surface area (Å²) in [5.74, 6) is 0.407. The van der Waals surface area contributed by atoms with Crippen LogP contribution in [0.25, 0.3) is 0 Å². The fourth-order valence-corrected chi connectivity index (χ4v) is 5.35. The number of likely N-dealkylation sites (tertiary alicyclic amines) is 1. The summed E-state index contributed by atoms with van der Waals surface area (Å²) in [4.78, 5) is 15.0. The number of hydrogen-bond donors (Lipinski definition) is 3. The quantitative estimate of drug-likeness (QED) is 0.519.